The van der Waals surface area contributed by atoms with Crippen LogP contribution in [0, 0.1) is 18.3 Å². The predicted octanol–water partition coefficient (Wildman–Crippen LogP) is 7.85. The summed E-state index contributed by atoms with van der Waals surface area (Å²) in [4.78, 5) is 22.1. The van der Waals surface area contributed by atoms with Gasteiger partial charge in [0.1, 0.15) is 16.8 Å². The first-order valence-electron chi connectivity index (χ1n) is 12.6. The smallest absolute Gasteiger partial charge is 0.226 e. The minimum atomic E-state index is -0.134. The minimum absolute atomic E-state index is 0.134. The molecule has 5 rings (SSSR count). The van der Waals surface area contributed by atoms with E-state index < -0.39 is 0 Å². The summed E-state index contributed by atoms with van der Waals surface area (Å²) in [5, 5.41) is 16.1. The maximum absolute atomic E-state index is 12.7. The molecule has 0 aliphatic heterocycles. The van der Waals surface area contributed by atoms with Crippen molar-refractivity contribution in [2.75, 3.05) is 18.2 Å². The molecule has 2 aromatic heterocycles. The van der Waals surface area contributed by atoms with Crippen LogP contribution in [0.5, 0.6) is 5.75 Å². The third kappa shape index (κ3) is 6.40. The number of thiazole rings is 1. The first-order chi connectivity index (χ1) is 19.5. The molecule has 0 saturated carbocycles. The van der Waals surface area contributed by atoms with Gasteiger partial charge in [0.05, 0.1) is 24.1 Å². The number of hydrogen-bond donors (Lipinski definition) is 1. The summed E-state index contributed by atoms with van der Waals surface area (Å²) >= 11 is 2.80. The number of carbonyl (C=O) groups is 1. The third-order valence-electron chi connectivity index (χ3n) is 6.23. The van der Waals surface area contributed by atoms with Crippen LogP contribution in [0.4, 0.5) is 5.13 Å². The van der Waals surface area contributed by atoms with Crippen molar-refractivity contribution in [1.29, 1.82) is 5.26 Å². The first kappa shape index (κ1) is 27.1. The molecule has 0 radical (unpaired) electrons. The molecule has 0 bridgehead atoms. The lowest BCUT2D eigenvalue weighted by atomic mass is 9.99. The maximum Gasteiger partial charge on any atom is 0.226 e. The second kappa shape index (κ2) is 12.6. The number of aryl methyl sites for hydroxylation is 1. The fourth-order valence-electron chi connectivity index (χ4n) is 4.10. The monoisotopic (exact) mass is 562 g/mol. The van der Waals surface area contributed by atoms with Crippen molar-refractivity contribution in [2.24, 2.45) is 0 Å². The maximum atomic E-state index is 12.7. The summed E-state index contributed by atoms with van der Waals surface area (Å²) in [6, 6.07) is 29.9. The number of carbonyl (C=O) groups excluding carboxylic acids is 1. The number of aromatic nitrogens is 2. The number of anilines is 1. The van der Waals surface area contributed by atoms with Crippen LogP contribution in [-0.4, -0.2) is 28.7 Å². The molecule has 1 N–H and O–H groups in total. The first-order valence-corrected chi connectivity index (χ1v) is 14.5. The van der Waals surface area contributed by atoms with E-state index in [0.717, 1.165) is 39.4 Å². The van der Waals surface area contributed by atoms with Crippen molar-refractivity contribution >= 4 is 34.1 Å². The van der Waals surface area contributed by atoms with E-state index in [2.05, 4.69) is 16.4 Å². The Morgan fingerprint density at radius 1 is 0.950 bits per heavy atom. The molecular formula is C32H26N4O2S2. The summed E-state index contributed by atoms with van der Waals surface area (Å²) in [5.41, 5.74) is 6.92. The van der Waals surface area contributed by atoms with Gasteiger partial charge < -0.3 is 10.1 Å². The summed E-state index contributed by atoms with van der Waals surface area (Å²) < 4.78 is 5.30. The molecule has 8 heteroatoms. The van der Waals surface area contributed by atoms with Gasteiger partial charge in [0.25, 0.3) is 0 Å². The molecule has 0 atom stereocenters. The van der Waals surface area contributed by atoms with Gasteiger partial charge in [0, 0.05) is 34.2 Å². The average molecular weight is 563 g/mol. The molecule has 0 saturated heterocycles. The van der Waals surface area contributed by atoms with Gasteiger partial charge in [-0.1, -0.05) is 72.3 Å². The van der Waals surface area contributed by atoms with Crippen LogP contribution in [0.15, 0.2) is 95.3 Å². The van der Waals surface area contributed by atoms with Gasteiger partial charge in [-0.2, -0.15) is 5.26 Å². The van der Waals surface area contributed by atoms with Crippen molar-refractivity contribution in [1.82, 2.24) is 9.97 Å². The van der Waals surface area contributed by atoms with Gasteiger partial charge >= 0.3 is 0 Å². The zero-order valence-electron chi connectivity index (χ0n) is 22.0. The van der Waals surface area contributed by atoms with Gasteiger partial charge in [-0.05, 0) is 30.7 Å². The molecule has 0 fully saturated rings. The Labute approximate surface area is 241 Å². The molecule has 5 aromatic rings. The highest BCUT2D eigenvalue weighted by Crippen LogP contribution is 2.35. The lowest BCUT2D eigenvalue weighted by Crippen LogP contribution is -2.12. The van der Waals surface area contributed by atoms with E-state index in [4.69, 9.17) is 9.72 Å². The fourth-order valence-corrected chi connectivity index (χ4v) is 5.78. The Morgan fingerprint density at radius 3 is 2.35 bits per heavy atom. The number of hydrogen-bond acceptors (Lipinski definition) is 7. The molecule has 2 heterocycles. The zero-order valence-corrected chi connectivity index (χ0v) is 23.7. The number of nitrogens with zero attached hydrogens (tertiary/aromatic N) is 3. The summed E-state index contributed by atoms with van der Waals surface area (Å²) in [7, 11) is 1.62. The van der Waals surface area contributed by atoms with E-state index in [1.54, 1.807) is 7.11 Å². The van der Waals surface area contributed by atoms with Gasteiger partial charge in [-0.3, -0.25) is 4.79 Å². The second-order valence-electron chi connectivity index (χ2n) is 8.99. The van der Waals surface area contributed by atoms with E-state index in [9.17, 15) is 10.1 Å². The SMILES string of the molecule is COc1ccc(-c2cc(-c3ccccc3)nc(SCCC(=O)Nc3nc(-c4ccc(C)cc4)cs3)c2C#N)cc1. The van der Waals surface area contributed by atoms with Crippen molar-refractivity contribution in [3.8, 4) is 45.5 Å². The molecule has 3 aromatic carbocycles. The van der Waals surface area contributed by atoms with Crippen LogP contribution < -0.4 is 10.1 Å². The molecule has 0 spiro atoms. The van der Waals surface area contributed by atoms with Crippen molar-refractivity contribution in [3.63, 3.8) is 0 Å². The molecule has 1 amide bonds. The summed E-state index contributed by atoms with van der Waals surface area (Å²) in [6.07, 6.45) is 0.254. The number of ether oxygens (including phenoxy) is 1. The minimum Gasteiger partial charge on any atom is -0.497 e. The van der Waals surface area contributed by atoms with Crippen LogP contribution in [0.2, 0.25) is 0 Å². The van der Waals surface area contributed by atoms with E-state index >= 15 is 0 Å². The standard InChI is InChI=1S/C32H26N4O2S2/c1-21-8-10-24(11-9-21)29-20-40-32(35-29)36-30(37)16-17-39-31-27(19-33)26(22-12-14-25(38-2)15-13-22)18-28(34-31)23-6-4-3-5-7-23/h3-15,18,20H,16-17H2,1-2H3,(H,35,36,37). The third-order valence-corrected chi connectivity index (χ3v) is 7.97. The zero-order chi connectivity index (χ0) is 27.9. The summed E-state index contributed by atoms with van der Waals surface area (Å²) in [6.45, 7) is 2.04. The van der Waals surface area contributed by atoms with Crippen molar-refractivity contribution in [3.05, 3.63) is 101 Å². The Kier molecular flexibility index (Phi) is 8.55. The number of benzene rings is 3. The van der Waals surface area contributed by atoms with Crippen LogP contribution >= 0.6 is 23.1 Å². The molecule has 0 aliphatic carbocycles. The number of nitrogens with one attached hydrogen (secondary N) is 1. The predicted molar refractivity (Wildman–Crippen MR) is 163 cm³/mol. The lowest BCUT2D eigenvalue weighted by Gasteiger charge is -2.13. The van der Waals surface area contributed by atoms with Crippen molar-refractivity contribution < 1.29 is 9.53 Å². The topological polar surface area (TPSA) is 87.9 Å². The van der Waals surface area contributed by atoms with Crippen molar-refractivity contribution in [2.45, 2.75) is 18.4 Å². The van der Waals surface area contributed by atoms with Gasteiger partial charge in [-0.25, -0.2) is 9.97 Å². The molecule has 198 valence electrons. The number of rotatable bonds is 9. The van der Waals surface area contributed by atoms with Crippen LogP contribution in [-0.2, 0) is 4.79 Å². The van der Waals surface area contributed by atoms with Crippen LogP contribution in [0.25, 0.3) is 33.6 Å². The largest absolute Gasteiger partial charge is 0.497 e. The number of pyridine rings is 1. The van der Waals surface area contributed by atoms with E-state index in [1.807, 2.05) is 97.2 Å². The second-order valence-corrected chi connectivity index (χ2v) is 10.9. The van der Waals surface area contributed by atoms with E-state index in [-0.39, 0.29) is 12.3 Å². The molecule has 0 unspecified atom stereocenters. The van der Waals surface area contributed by atoms with Gasteiger partial charge in [-0.15, -0.1) is 23.1 Å². The molecule has 6 nitrogen and oxygen atoms in total. The highest BCUT2D eigenvalue weighted by Gasteiger charge is 2.17. The van der Waals surface area contributed by atoms with Crippen LogP contribution in [0.3, 0.4) is 0 Å². The van der Waals surface area contributed by atoms with E-state index in [1.165, 1.54) is 28.7 Å². The van der Waals surface area contributed by atoms with E-state index in [0.29, 0.717) is 21.5 Å². The number of thioether (sulfide) groups is 1. The molecular weight excluding hydrogens is 537 g/mol. The Balaban J connectivity index is 1.33. The Hall–Kier alpha value is -4.45. The number of methoxy groups -OCH3 is 1. The highest BCUT2D eigenvalue weighted by atomic mass is 32.2. The van der Waals surface area contributed by atoms with Gasteiger partial charge in [0.2, 0.25) is 5.91 Å². The highest BCUT2D eigenvalue weighted by molar-refractivity contribution is 7.99. The average Bonchev–Trinajstić information content (AvgIpc) is 3.46. The number of amides is 1. The fraction of sp³-hybridized carbons (Fsp3) is 0.125. The quantitative estimate of drug-likeness (QED) is 0.184. The molecule has 0 aliphatic rings. The Morgan fingerprint density at radius 2 is 1.65 bits per heavy atom. The molecule has 40 heavy (non-hydrogen) atoms. The normalized spacial score (nSPS) is 10.6. The van der Waals surface area contributed by atoms with Gasteiger partial charge in [0.15, 0.2) is 5.13 Å². The Bertz CT molecular complexity index is 1660. The lowest BCUT2D eigenvalue weighted by molar-refractivity contribution is -0.115. The summed E-state index contributed by atoms with van der Waals surface area (Å²) in [5.74, 6) is 1.07. The number of nitriles is 1. The van der Waals surface area contributed by atoms with Crippen LogP contribution in [0.1, 0.15) is 17.5 Å².